The van der Waals surface area contributed by atoms with E-state index in [-0.39, 0.29) is 5.41 Å². The van der Waals surface area contributed by atoms with E-state index in [0.717, 1.165) is 16.7 Å². The fraction of sp³-hybridized carbons (Fsp3) is 0.0909. The van der Waals surface area contributed by atoms with Crippen molar-refractivity contribution < 1.29 is 4.42 Å². The van der Waals surface area contributed by atoms with Crippen LogP contribution in [0.2, 0.25) is 0 Å². The van der Waals surface area contributed by atoms with Gasteiger partial charge in [-0.25, -0.2) is 0 Å². The van der Waals surface area contributed by atoms with E-state index in [9.17, 15) is 0 Å². The molecule has 35 heavy (non-hydrogen) atoms. The van der Waals surface area contributed by atoms with Gasteiger partial charge in [-0.1, -0.05) is 104 Å². The number of furan rings is 1. The summed E-state index contributed by atoms with van der Waals surface area (Å²) in [5, 5.41) is 2.34. The molecule has 6 aromatic rings. The van der Waals surface area contributed by atoms with Gasteiger partial charge >= 0.3 is 0 Å². The predicted molar refractivity (Wildman–Crippen MR) is 147 cm³/mol. The van der Waals surface area contributed by atoms with Crippen LogP contribution in [0.5, 0.6) is 0 Å². The van der Waals surface area contributed by atoms with E-state index in [1.165, 1.54) is 48.4 Å². The highest BCUT2D eigenvalue weighted by Crippen LogP contribution is 2.51. The zero-order valence-corrected chi connectivity index (χ0v) is 20.5. The number of fused-ring (bicyclic) bond motifs is 5. The van der Waals surface area contributed by atoms with Gasteiger partial charge in [-0.15, -0.1) is 0 Å². The van der Waals surface area contributed by atoms with E-state index in [1.54, 1.807) is 0 Å². The van der Waals surface area contributed by atoms with Crippen LogP contribution < -0.4 is 0 Å². The first kappa shape index (κ1) is 20.6. The highest BCUT2D eigenvalue weighted by Gasteiger charge is 2.33. The van der Waals surface area contributed by atoms with Crippen LogP contribution >= 0.6 is 11.8 Å². The molecule has 1 nitrogen and oxygen atoms in total. The Balaban J connectivity index is 1.38. The summed E-state index contributed by atoms with van der Waals surface area (Å²) in [4.78, 5) is 2.67. The molecule has 0 saturated carbocycles. The summed E-state index contributed by atoms with van der Waals surface area (Å²) >= 11 is 1.88. The zero-order chi connectivity index (χ0) is 23.6. The number of hydrogen-bond donors (Lipinski definition) is 0. The van der Waals surface area contributed by atoms with Crippen molar-refractivity contribution in [3.63, 3.8) is 0 Å². The van der Waals surface area contributed by atoms with E-state index in [4.69, 9.17) is 4.42 Å². The smallest absolute Gasteiger partial charge is 0.143 e. The van der Waals surface area contributed by atoms with Crippen molar-refractivity contribution in [1.29, 1.82) is 0 Å². The standard InChI is InChI=1S/C33H24OS/c1-33(2)27-19-22(21-9-4-3-5-10-21)15-17-30(27)35-31-18-16-23(20-28(31)33)24-12-8-13-26-25-11-6-7-14-29(25)34-32(24)26/h3-20H,1-2H3. The van der Waals surface area contributed by atoms with Gasteiger partial charge in [-0.05, 0) is 58.1 Å². The summed E-state index contributed by atoms with van der Waals surface area (Å²) in [6.45, 7) is 4.70. The van der Waals surface area contributed by atoms with Gasteiger partial charge in [0.2, 0.25) is 0 Å². The van der Waals surface area contributed by atoms with Crippen LogP contribution in [0.4, 0.5) is 0 Å². The molecule has 0 atom stereocenters. The maximum absolute atomic E-state index is 6.35. The third kappa shape index (κ3) is 3.17. The van der Waals surface area contributed by atoms with Crippen LogP contribution in [0.25, 0.3) is 44.2 Å². The van der Waals surface area contributed by atoms with Gasteiger partial charge < -0.3 is 4.42 Å². The predicted octanol–water partition coefficient (Wildman–Crippen LogP) is 9.71. The maximum Gasteiger partial charge on any atom is 0.143 e. The Morgan fingerprint density at radius 1 is 0.571 bits per heavy atom. The van der Waals surface area contributed by atoms with Gasteiger partial charge in [0.1, 0.15) is 11.2 Å². The summed E-state index contributed by atoms with van der Waals surface area (Å²) in [5.74, 6) is 0. The Labute approximate surface area is 209 Å². The lowest BCUT2D eigenvalue weighted by atomic mass is 9.76. The van der Waals surface area contributed by atoms with Crippen molar-refractivity contribution in [2.75, 3.05) is 0 Å². The minimum Gasteiger partial charge on any atom is -0.455 e. The van der Waals surface area contributed by atoms with Crippen molar-refractivity contribution in [2.24, 2.45) is 0 Å². The van der Waals surface area contributed by atoms with Gasteiger partial charge in [0, 0.05) is 31.5 Å². The lowest BCUT2D eigenvalue weighted by Crippen LogP contribution is -2.24. The van der Waals surface area contributed by atoms with Gasteiger partial charge in [-0.3, -0.25) is 0 Å². The zero-order valence-electron chi connectivity index (χ0n) is 19.7. The first-order chi connectivity index (χ1) is 17.1. The van der Waals surface area contributed by atoms with E-state index >= 15 is 0 Å². The van der Waals surface area contributed by atoms with Gasteiger partial charge in [0.05, 0.1) is 0 Å². The quantitative estimate of drug-likeness (QED) is 0.251. The second-order valence-electron chi connectivity index (χ2n) is 9.80. The Hall–Kier alpha value is -3.75. The minimum atomic E-state index is -0.113. The second kappa shape index (κ2) is 7.63. The first-order valence-corrected chi connectivity index (χ1v) is 12.8. The third-order valence-electron chi connectivity index (χ3n) is 7.35. The number of rotatable bonds is 2. The molecule has 2 heteroatoms. The van der Waals surface area contributed by atoms with Crippen molar-refractivity contribution in [2.45, 2.75) is 29.1 Å². The molecule has 1 aliphatic rings. The van der Waals surface area contributed by atoms with Crippen LogP contribution in [0.15, 0.2) is 123 Å². The molecule has 1 aromatic heterocycles. The van der Waals surface area contributed by atoms with E-state index < -0.39 is 0 Å². The fourth-order valence-corrected chi connectivity index (χ4v) is 6.79. The second-order valence-corrected chi connectivity index (χ2v) is 10.9. The summed E-state index contributed by atoms with van der Waals surface area (Å²) in [6, 6.07) is 39.2. The summed E-state index contributed by atoms with van der Waals surface area (Å²) in [6.07, 6.45) is 0. The molecule has 0 fully saturated rings. The largest absolute Gasteiger partial charge is 0.455 e. The molecular formula is C33H24OS. The average Bonchev–Trinajstić information content (AvgIpc) is 3.28. The number of para-hydroxylation sites is 2. The van der Waals surface area contributed by atoms with Gasteiger partial charge in [0.15, 0.2) is 0 Å². The van der Waals surface area contributed by atoms with E-state index in [1.807, 2.05) is 23.9 Å². The van der Waals surface area contributed by atoms with Crippen molar-refractivity contribution >= 4 is 33.7 Å². The number of hydrogen-bond acceptors (Lipinski definition) is 2. The maximum atomic E-state index is 6.35. The molecule has 0 amide bonds. The normalized spacial score (nSPS) is 14.1. The lowest BCUT2D eigenvalue weighted by Gasteiger charge is -2.35. The average molecular weight is 469 g/mol. The summed E-state index contributed by atoms with van der Waals surface area (Å²) in [7, 11) is 0. The molecule has 0 bridgehead atoms. The Morgan fingerprint density at radius 2 is 1.23 bits per heavy atom. The minimum absolute atomic E-state index is 0.113. The molecule has 0 radical (unpaired) electrons. The SMILES string of the molecule is CC1(C)c2cc(-c3ccccc3)ccc2Sc2ccc(-c3cccc4c3oc3ccccc34)cc21. The Bertz CT molecular complexity index is 1740. The monoisotopic (exact) mass is 468 g/mol. The molecule has 2 heterocycles. The topological polar surface area (TPSA) is 13.1 Å². The molecule has 0 spiro atoms. The number of benzene rings is 5. The molecule has 0 N–H and O–H groups in total. The molecular weight excluding hydrogens is 444 g/mol. The third-order valence-corrected chi connectivity index (χ3v) is 8.50. The molecule has 5 aromatic carbocycles. The van der Waals surface area contributed by atoms with E-state index in [2.05, 4.69) is 111 Å². The first-order valence-electron chi connectivity index (χ1n) is 12.0. The van der Waals surface area contributed by atoms with Crippen LogP contribution in [0, 0.1) is 0 Å². The van der Waals surface area contributed by atoms with Crippen molar-refractivity contribution in [3.05, 3.63) is 120 Å². The lowest BCUT2D eigenvalue weighted by molar-refractivity contribution is 0.608. The van der Waals surface area contributed by atoms with Crippen molar-refractivity contribution in [1.82, 2.24) is 0 Å². The van der Waals surface area contributed by atoms with Crippen LogP contribution in [-0.2, 0) is 5.41 Å². The molecule has 1 aliphatic heterocycles. The van der Waals surface area contributed by atoms with Crippen LogP contribution in [0.1, 0.15) is 25.0 Å². The molecule has 0 unspecified atom stereocenters. The molecule has 0 saturated heterocycles. The molecule has 0 aliphatic carbocycles. The van der Waals surface area contributed by atoms with Gasteiger partial charge in [-0.2, -0.15) is 0 Å². The molecule has 7 rings (SSSR count). The highest BCUT2D eigenvalue weighted by atomic mass is 32.2. The summed E-state index contributed by atoms with van der Waals surface area (Å²) < 4.78 is 6.35. The van der Waals surface area contributed by atoms with E-state index in [0.29, 0.717) is 0 Å². The van der Waals surface area contributed by atoms with Crippen LogP contribution in [0.3, 0.4) is 0 Å². The fourth-order valence-electron chi connectivity index (χ4n) is 5.43. The van der Waals surface area contributed by atoms with Crippen LogP contribution in [-0.4, -0.2) is 0 Å². The molecule has 168 valence electrons. The Kier molecular flexibility index (Phi) is 4.49. The highest BCUT2D eigenvalue weighted by molar-refractivity contribution is 7.99. The Morgan fingerprint density at radius 3 is 2.03 bits per heavy atom. The van der Waals surface area contributed by atoms with Gasteiger partial charge in [0.25, 0.3) is 0 Å². The van der Waals surface area contributed by atoms with Crippen molar-refractivity contribution in [3.8, 4) is 22.3 Å². The summed E-state index contributed by atoms with van der Waals surface area (Å²) in [5.41, 5.74) is 9.40.